The fourth-order valence-electron chi connectivity index (χ4n) is 1.23. The minimum absolute atomic E-state index is 0.222. The zero-order chi connectivity index (χ0) is 14.6. The number of hydrogen-bond donors (Lipinski definition) is 0. The lowest BCUT2D eigenvalue weighted by Crippen LogP contribution is -2.11. The summed E-state index contributed by atoms with van der Waals surface area (Å²) in [5.41, 5.74) is 0. The molecule has 0 saturated carbocycles. The monoisotopic (exact) mass is 270 g/mol. The minimum atomic E-state index is -0.928. The molecule has 1 aromatic rings. The second-order valence-corrected chi connectivity index (χ2v) is 3.48. The third-order valence-corrected chi connectivity index (χ3v) is 1.77. The van der Waals surface area contributed by atoms with Crippen molar-refractivity contribution in [1.29, 1.82) is 0 Å². The van der Waals surface area contributed by atoms with Crippen LogP contribution in [-0.2, 0) is 14.4 Å². The molecule has 0 bridgehead atoms. The fraction of sp³-hybridized carbons (Fsp3) is 0.250. The van der Waals surface area contributed by atoms with Crippen LogP contribution in [0.1, 0.15) is 20.8 Å². The second-order valence-electron chi connectivity index (χ2n) is 3.48. The molecular weight excluding hydrogens is 259 g/mol. The van der Waals surface area contributed by atoms with Gasteiger partial charge in [-0.3, -0.25) is 14.4 Å². The molecule has 0 fully saturated rings. The summed E-state index contributed by atoms with van der Waals surface area (Å²) in [6.07, 6.45) is 0. The first-order valence-corrected chi connectivity index (χ1v) is 5.19. The van der Waals surface area contributed by atoms with Crippen molar-refractivity contribution >= 4 is 17.9 Å². The topological polar surface area (TPSA) is 78.9 Å². The first-order valence-electron chi connectivity index (χ1n) is 5.19. The Balaban J connectivity index is 3.35. The minimum Gasteiger partial charge on any atom is -0.423 e. The van der Waals surface area contributed by atoms with Crippen LogP contribution in [0.2, 0.25) is 0 Å². The molecule has 0 radical (unpaired) electrons. The van der Waals surface area contributed by atoms with Crippen LogP contribution >= 0.6 is 0 Å². The largest absolute Gasteiger partial charge is 0.423 e. The third-order valence-electron chi connectivity index (χ3n) is 1.77. The fourth-order valence-corrected chi connectivity index (χ4v) is 1.23. The average Bonchev–Trinajstić information content (AvgIpc) is 2.25. The van der Waals surface area contributed by atoms with Gasteiger partial charge in [-0.1, -0.05) is 0 Å². The van der Waals surface area contributed by atoms with Crippen LogP contribution in [0.15, 0.2) is 12.1 Å². The maximum absolute atomic E-state index is 13.6. The van der Waals surface area contributed by atoms with E-state index in [1.807, 2.05) is 0 Å². The van der Waals surface area contributed by atoms with Gasteiger partial charge < -0.3 is 14.2 Å². The summed E-state index contributed by atoms with van der Waals surface area (Å²) in [5, 5.41) is 0. The lowest BCUT2D eigenvalue weighted by molar-refractivity contribution is -0.135. The predicted molar refractivity (Wildman–Crippen MR) is 60.3 cm³/mol. The van der Waals surface area contributed by atoms with Gasteiger partial charge in [0.05, 0.1) is 0 Å². The van der Waals surface area contributed by atoms with E-state index in [2.05, 4.69) is 4.74 Å². The van der Waals surface area contributed by atoms with Gasteiger partial charge in [0.2, 0.25) is 11.5 Å². The molecular formula is C12H11FO6. The maximum Gasteiger partial charge on any atom is 0.308 e. The van der Waals surface area contributed by atoms with E-state index in [9.17, 15) is 18.8 Å². The Bertz CT molecular complexity index is 537. The summed E-state index contributed by atoms with van der Waals surface area (Å²) in [6, 6.07) is 2.01. The molecule has 7 heteroatoms. The molecule has 6 nitrogen and oxygen atoms in total. The molecule has 0 spiro atoms. The number of halogens is 1. The van der Waals surface area contributed by atoms with Gasteiger partial charge in [-0.2, -0.15) is 0 Å². The molecule has 0 aliphatic heterocycles. The van der Waals surface area contributed by atoms with Crippen LogP contribution in [0.5, 0.6) is 17.2 Å². The highest BCUT2D eigenvalue weighted by atomic mass is 19.1. The Labute approximate surface area is 108 Å². The van der Waals surface area contributed by atoms with Crippen molar-refractivity contribution < 1.29 is 33.0 Å². The third kappa shape index (κ3) is 4.06. The van der Waals surface area contributed by atoms with Crippen molar-refractivity contribution in [2.75, 3.05) is 0 Å². The van der Waals surface area contributed by atoms with Crippen molar-refractivity contribution in [3.05, 3.63) is 17.9 Å². The zero-order valence-electron chi connectivity index (χ0n) is 10.5. The molecule has 0 N–H and O–H groups in total. The van der Waals surface area contributed by atoms with E-state index in [0.29, 0.717) is 0 Å². The van der Waals surface area contributed by atoms with Crippen molar-refractivity contribution in [2.45, 2.75) is 20.8 Å². The highest BCUT2D eigenvalue weighted by molar-refractivity contribution is 5.77. The SMILES string of the molecule is CC(=O)Oc1ccc(F)c(OC(C)=O)c1OC(C)=O. The van der Waals surface area contributed by atoms with Crippen molar-refractivity contribution in [3.63, 3.8) is 0 Å². The molecule has 1 rings (SSSR count). The molecule has 102 valence electrons. The molecule has 0 atom stereocenters. The van der Waals surface area contributed by atoms with Gasteiger partial charge in [0.15, 0.2) is 11.6 Å². The van der Waals surface area contributed by atoms with E-state index in [4.69, 9.17) is 9.47 Å². The number of hydrogen-bond acceptors (Lipinski definition) is 6. The first-order chi connectivity index (χ1) is 8.81. The summed E-state index contributed by atoms with van der Waals surface area (Å²) >= 11 is 0. The highest BCUT2D eigenvalue weighted by Gasteiger charge is 2.22. The van der Waals surface area contributed by atoms with Gasteiger partial charge >= 0.3 is 17.9 Å². The van der Waals surface area contributed by atoms with E-state index in [1.165, 1.54) is 0 Å². The van der Waals surface area contributed by atoms with E-state index in [0.717, 1.165) is 32.9 Å². The van der Waals surface area contributed by atoms with Crippen molar-refractivity contribution in [1.82, 2.24) is 0 Å². The lowest BCUT2D eigenvalue weighted by atomic mass is 10.2. The van der Waals surface area contributed by atoms with Crippen LogP contribution in [-0.4, -0.2) is 17.9 Å². The van der Waals surface area contributed by atoms with E-state index >= 15 is 0 Å². The van der Waals surface area contributed by atoms with Gasteiger partial charge in [0, 0.05) is 20.8 Å². The first kappa shape index (κ1) is 14.6. The summed E-state index contributed by atoms with van der Waals surface area (Å²) < 4.78 is 27.7. The van der Waals surface area contributed by atoms with Gasteiger partial charge in [-0.15, -0.1) is 0 Å². The Morgan fingerprint density at radius 2 is 1.32 bits per heavy atom. The van der Waals surface area contributed by atoms with Crippen LogP contribution in [0.25, 0.3) is 0 Å². The zero-order valence-corrected chi connectivity index (χ0v) is 10.5. The Hall–Kier alpha value is -2.44. The normalized spacial score (nSPS) is 9.68. The molecule has 0 heterocycles. The number of ether oxygens (including phenoxy) is 3. The molecule has 0 aliphatic carbocycles. The van der Waals surface area contributed by atoms with E-state index in [1.54, 1.807) is 0 Å². The van der Waals surface area contributed by atoms with Crippen LogP contribution in [0.3, 0.4) is 0 Å². The number of benzene rings is 1. The summed E-state index contributed by atoms with van der Waals surface area (Å²) in [7, 11) is 0. The molecule has 0 amide bonds. The molecule has 0 saturated heterocycles. The predicted octanol–water partition coefficient (Wildman–Crippen LogP) is 1.60. The lowest BCUT2D eigenvalue weighted by Gasteiger charge is -2.13. The number of carbonyl (C=O) groups excluding carboxylic acids is 3. The molecule has 0 aliphatic rings. The molecule has 19 heavy (non-hydrogen) atoms. The summed E-state index contributed by atoms with van der Waals surface area (Å²) in [6.45, 7) is 3.24. The molecule has 0 aromatic heterocycles. The standard InChI is InChI=1S/C12H11FO6/c1-6(14)17-10-5-4-9(13)11(18-7(2)15)12(10)19-8(3)16/h4-5H,1-3H3. The van der Waals surface area contributed by atoms with E-state index < -0.39 is 35.2 Å². The van der Waals surface area contributed by atoms with E-state index in [-0.39, 0.29) is 5.75 Å². The van der Waals surface area contributed by atoms with Crippen molar-refractivity contribution in [2.24, 2.45) is 0 Å². The molecule has 0 unspecified atom stereocenters. The Morgan fingerprint density at radius 3 is 1.79 bits per heavy atom. The molecule has 1 aromatic carbocycles. The van der Waals surface area contributed by atoms with Crippen molar-refractivity contribution in [3.8, 4) is 17.2 Å². The number of carbonyl (C=O) groups is 3. The average molecular weight is 270 g/mol. The Morgan fingerprint density at radius 1 is 0.842 bits per heavy atom. The van der Waals surface area contributed by atoms with Crippen LogP contribution < -0.4 is 14.2 Å². The van der Waals surface area contributed by atoms with Crippen LogP contribution in [0.4, 0.5) is 4.39 Å². The smallest absolute Gasteiger partial charge is 0.308 e. The maximum atomic E-state index is 13.6. The van der Waals surface area contributed by atoms with Gasteiger partial charge in [-0.05, 0) is 12.1 Å². The van der Waals surface area contributed by atoms with Gasteiger partial charge in [0.1, 0.15) is 0 Å². The highest BCUT2D eigenvalue weighted by Crippen LogP contribution is 2.39. The number of esters is 3. The van der Waals surface area contributed by atoms with Gasteiger partial charge in [-0.25, -0.2) is 4.39 Å². The summed E-state index contributed by atoms with van der Waals surface area (Å²) in [5.74, 6) is -4.52. The Kier molecular flexibility index (Phi) is 4.57. The van der Waals surface area contributed by atoms with Crippen LogP contribution in [0, 0.1) is 5.82 Å². The van der Waals surface area contributed by atoms with Gasteiger partial charge in [0.25, 0.3) is 0 Å². The number of rotatable bonds is 3. The summed E-state index contributed by atoms with van der Waals surface area (Å²) in [4.78, 5) is 32.8. The quantitative estimate of drug-likeness (QED) is 0.613. The second kappa shape index (κ2) is 5.94.